The van der Waals surface area contributed by atoms with Crippen LogP contribution < -0.4 is 4.72 Å². The molecule has 7 nitrogen and oxygen atoms in total. The van der Waals surface area contributed by atoms with Gasteiger partial charge >= 0.3 is 5.97 Å². The van der Waals surface area contributed by atoms with E-state index in [0.717, 1.165) is 0 Å². The Morgan fingerprint density at radius 3 is 2.52 bits per heavy atom. The van der Waals surface area contributed by atoms with Crippen LogP contribution >= 0.6 is 0 Å². The van der Waals surface area contributed by atoms with Crippen molar-refractivity contribution in [3.8, 4) is 0 Å². The third kappa shape index (κ3) is 3.79. The Morgan fingerprint density at radius 2 is 1.95 bits per heavy atom. The second-order valence-electron chi connectivity index (χ2n) is 4.80. The van der Waals surface area contributed by atoms with Crippen molar-refractivity contribution in [3.05, 3.63) is 30.3 Å². The predicted octanol–water partition coefficient (Wildman–Crippen LogP) is -0.102. The number of hydrogen-bond acceptors (Lipinski definition) is 4. The fraction of sp³-hybridized carbons (Fsp3) is 0.385. The molecule has 2 rings (SSSR count). The summed E-state index contributed by atoms with van der Waals surface area (Å²) in [6.07, 6.45) is 0.395. The number of carboxylic acid groups (broad SMARTS) is 1. The second kappa shape index (κ2) is 6.23. The molecule has 2 N–H and O–H groups in total. The highest BCUT2D eigenvalue weighted by molar-refractivity contribution is 7.89. The van der Waals surface area contributed by atoms with Gasteiger partial charge in [-0.15, -0.1) is 0 Å². The Kier molecular flexibility index (Phi) is 4.59. The van der Waals surface area contributed by atoms with Crippen molar-refractivity contribution in [2.45, 2.75) is 11.3 Å². The quantitative estimate of drug-likeness (QED) is 0.790. The van der Waals surface area contributed by atoms with Gasteiger partial charge < -0.3 is 10.0 Å². The average molecular weight is 312 g/mol. The zero-order valence-corrected chi connectivity index (χ0v) is 12.0. The van der Waals surface area contributed by atoms with Crippen LogP contribution in [-0.2, 0) is 19.6 Å². The SMILES string of the molecule is O=C(O)C1CCN(C(=O)CNS(=O)(=O)c2ccccc2)C1. The molecular weight excluding hydrogens is 296 g/mol. The Labute approximate surface area is 122 Å². The highest BCUT2D eigenvalue weighted by atomic mass is 32.2. The van der Waals surface area contributed by atoms with Crippen molar-refractivity contribution in [1.29, 1.82) is 0 Å². The molecule has 1 aliphatic rings. The van der Waals surface area contributed by atoms with Gasteiger partial charge in [-0.2, -0.15) is 0 Å². The molecule has 0 spiro atoms. The number of hydrogen-bond donors (Lipinski definition) is 2. The highest BCUT2D eigenvalue weighted by Crippen LogP contribution is 2.16. The zero-order chi connectivity index (χ0) is 15.5. The maximum absolute atomic E-state index is 11.9. The number of aliphatic carboxylic acids is 1. The van der Waals surface area contributed by atoms with Crippen molar-refractivity contribution in [2.24, 2.45) is 5.92 Å². The molecule has 0 aliphatic carbocycles. The van der Waals surface area contributed by atoms with E-state index in [1.54, 1.807) is 18.2 Å². The van der Waals surface area contributed by atoms with E-state index in [1.807, 2.05) is 0 Å². The van der Waals surface area contributed by atoms with E-state index < -0.39 is 27.8 Å². The summed E-state index contributed by atoms with van der Waals surface area (Å²) in [5.74, 6) is -1.92. The molecule has 1 aliphatic heterocycles. The first-order valence-electron chi connectivity index (χ1n) is 6.45. The molecule has 0 bridgehead atoms. The number of amides is 1. The van der Waals surface area contributed by atoms with Crippen LogP contribution in [0, 0.1) is 5.92 Å². The van der Waals surface area contributed by atoms with E-state index in [2.05, 4.69) is 4.72 Å². The van der Waals surface area contributed by atoms with E-state index >= 15 is 0 Å². The summed E-state index contributed by atoms with van der Waals surface area (Å²) in [5, 5.41) is 8.87. The molecule has 1 amide bonds. The summed E-state index contributed by atoms with van der Waals surface area (Å²) in [4.78, 5) is 24.2. The molecule has 0 saturated carbocycles. The number of nitrogens with one attached hydrogen (secondary N) is 1. The van der Waals surface area contributed by atoms with Crippen LogP contribution in [0.5, 0.6) is 0 Å². The summed E-state index contributed by atoms with van der Waals surface area (Å²) in [6, 6.07) is 7.75. The van der Waals surface area contributed by atoms with E-state index in [0.29, 0.717) is 13.0 Å². The number of rotatable bonds is 5. The molecule has 0 aromatic heterocycles. The summed E-state index contributed by atoms with van der Waals surface area (Å²) >= 11 is 0. The third-order valence-corrected chi connectivity index (χ3v) is 4.77. The number of carbonyl (C=O) groups excluding carboxylic acids is 1. The van der Waals surface area contributed by atoms with E-state index in [9.17, 15) is 18.0 Å². The van der Waals surface area contributed by atoms with Gasteiger partial charge in [0.25, 0.3) is 0 Å². The summed E-state index contributed by atoms with van der Waals surface area (Å²) in [6.45, 7) is 0.0909. The summed E-state index contributed by atoms with van der Waals surface area (Å²) in [7, 11) is -3.73. The van der Waals surface area contributed by atoms with E-state index in [4.69, 9.17) is 5.11 Å². The molecule has 1 unspecified atom stereocenters. The first-order chi connectivity index (χ1) is 9.90. The highest BCUT2D eigenvalue weighted by Gasteiger charge is 2.31. The normalized spacial score (nSPS) is 18.7. The second-order valence-corrected chi connectivity index (χ2v) is 6.57. The van der Waals surface area contributed by atoms with Crippen molar-refractivity contribution < 1.29 is 23.1 Å². The van der Waals surface area contributed by atoms with Gasteiger partial charge in [0.2, 0.25) is 15.9 Å². The van der Waals surface area contributed by atoms with Crippen molar-refractivity contribution in [1.82, 2.24) is 9.62 Å². The van der Waals surface area contributed by atoms with Crippen molar-refractivity contribution in [3.63, 3.8) is 0 Å². The Balaban J connectivity index is 1.92. The van der Waals surface area contributed by atoms with Gasteiger partial charge in [-0.05, 0) is 18.6 Å². The lowest BCUT2D eigenvalue weighted by atomic mass is 10.1. The molecule has 1 atom stereocenters. The van der Waals surface area contributed by atoms with Gasteiger partial charge in [0.15, 0.2) is 0 Å². The standard InChI is InChI=1S/C13H16N2O5S/c16-12(15-7-6-10(9-15)13(17)18)8-14-21(19,20)11-4-2-1-3-5-11/h1-5,10,14H,6-9H2,(H,17,18). The lowest BCUT2D eigenvalue weighted by Crippen LogP contribution is -2.39. The number of carboxylic acids is 1. The molecule has 1 aromatic rings. The van der Waals surface area contributed by atoms with Crippen LogP contribution in [0.2, 0.25) is 0 Å². The predicted molar refractivity (Wildman–Crippen MR) is 74.0 cm³/mol. The maximum Gasteiger partial charge on any atom is 0.308 e. The van der Waals surface area contributed by atoms with Gasteiger partial charge in [0, 0.05) is 13.1 Å². The molecule has 114 valence electrons. The lowest BCUT2D eigenvalue weighted by molar-refractivity contribution is -0.141. The minimum atomic E-state index is -3.73. The zero-order valence-electron chi connectivity index (χ0n) is 11.2. The minimum Gasteiger partial charge on any atom is -0.481 e. The number of nitrogens with zero attached hydrogens (tertiary/aromatic N) is 1. The summed E-state index contributed by atoms with van der Waals surface area (Å²) in [5.41, 5.74) is 0. The maximum atomic E-state index is 11.9. The van der Waals surface area contributed by atoms with Crippen LogP contribution in [-0.4, -0.2) is 49.9 Å². The van der Waals surface area contributed by atoms with Crippen LogP contribution in [0.15, 0.2) is 35.2 Å². The van der Waals surface area contributed by atoms with Crippen molar-refractivity contribution >= 4 is 21.9 Å². The molecule has 1 aromatic carbocycles. The van der Waals surface area contributed by atoms with Crippen molar-refractivity contribution in [2.75, 3.05) is 19.6 Å². The average Bonchev–Trinajstić information content (AvgIpc) is 2.96. The molecule has 1 saturated heterocycles. The van der Waals surface area contributed by atoms with Crippen LogP contribution in [0.4, 0.5) is 0 Å². The molecule has 1 heterocycles. The monoisotopic (exact) mass is 312 g/mol. The number of sulfonamides is 1. The minimum absolute atomic E-state index is 0.0858. The molecule has 21 heavy (non-hydrogen) atoms. The fourth-order valence-corrected chi connectivity index (χ4v) is 3.14. The lowest BCUT2D eigenvalue weighted by Gasteiger charge is -2.16. The summed E-state index contributed by atoms with van der Waals surface area (Å²) < 4.78 is 26.1. The van der Waals surface area contributed by atoms with E-state index in [1.165, 1.54) is 17.0 Å². The molecule has 8 heteroatoms. The Bertz CT molecular complexity index is 629. The topological polar surface area (TPSA) is 104 Å². The van der Waals surface area contributed by atoms with Gasteiger partial charge in [-0.3, -0.25) is 9.59 Å². The molecule has 0 radical (unpaired) electrons. The Morgan fingerprint density at radius 1 is 1.29 bits per heavy atom. The fourth-order valence-electron chi connectivity index (χ4n) is 2.14. The van der Waals surface area contributed by atoms with Gasteiger partial charge in [0.05, 0.1) is 17.4 Å². The first kappa shape index (κ1) is 15.5. The first-order valence-corrected chi connectivity index (χ1v) is 7.94. The van der Waals surface area contributed by atoms with Gasteiger partial charge in [-0.1, -0.05) is 18.2 Å². The Hall–Kier alpha value is -1.93. The third-order valence-electron chi connectivity index (χ3n) is 3.36. The largest absolute Gasteiger partial charge is 0.481 e. The molecular formula is C13H16N2O5S. The van der Waals surface area contributed by atoms with Gasteiger partial charge in [0.1, 0.15) is 0 Å². The smallest absolute Gasteiger partial charge is 0.308 e. The number of carbonyl (C=O) groups is 2. The van der Waals surface area contributed by atoms with Crippen LogP contribution in [0.3, 0.4) is 0 Å². The van der Waals surface area contributed by atoms with Gasteiger partial charge in [-0.25, -0.2) is 13.1 Å². The van der Waals surface area contributed by atoms with Crippen LogP contribution in [0.1, 0.15) is 6.42 Å². The van der Waals surface area contributed by atoms with Crippen LogP contribution in [0.25, 0.3) is 0 Å². The molecule has 1 fully saturated rings. The number of benzene rings is 1. The number of likely N-dealkylation sites (tertiary alicyclic amines) is 1. The van der Waals surface area contributed by atoms with E-state index in [-0.39, 0.29) is 18.0 Å².